The van der Waals surface area contributed by atoms with E-state index in [0.29, 0.717) is 11.0 Å². The number of carbonyl (C=O) groups excluding carboxylic acids is 1. The molecule has 0 bridgehead atoms. The van der Waals surface area contributed by atoms with Crippen molar-refractivity contribution in [3.8, 4) is 0 Å². The minimum absolute atomic E-state index is 0.0920. The summed E-state index contributed by atoms with van der Waals surface area (Å²) < 4.78 is 0. The number of rotatable bonds is 2. The summed E-state index contributed by atoms with van der Waals surface area (Å²) in [5.41, 5.74) is 0. The van der Waals surface area contributed by atoms with Gasteiger partial charge >= 0.3 is 0 Å². The van der Waals surface area contributed by atoms with Gasteiger partial charge in [0.2, 0.25) is 0 Å². The fourth-order valence-corrected chi connectivity index (χ4v) is 1.44. The number of hydrogen-bond acceptors (Lipinski definition) is 2. The number of nitrogens with one attached hydrogen (secondary N) is 1. The molecule has 1 aliphatic heterocycles. The molecule has 1 rings (SSSR count). The van der Waals surface area contributed by atoms with Crippen LogP contribution in [0.2, 0.25) is 0 Å². The number of hydrogen-bond donors (Lipinski definition) is 1. The molecule has 1 aliphatic rings. The summed E-state index contributed by atoms with van der Waals surface area (Å²) in [7, 11) is 1.71. The van der Waals surface area contributed by atoms with Crippen molar-refractivity contribution in [3.05, 3.63) is 0 Å². The van der Waals surface area contributed by atoms with Gasteiger partial charge < -0.3 is 5.32 Å². The fraction of sp³-hybridized carbons (Fsp3) is 0.750. The highest BCUT2D eigenvalue weighted by molar-refractivity contribution is 7.80. The number of carbonyl (C=O) groups is 1. The summed E-state index contributed by atoms with van der Waals surface area (Å²) in [6.45, 7) is 4.12. The quantitative estimate of drug-likeness (QED) is 0.646. The van der Waals surface area contributed by atoms with Gasteiger partial charge in [-0.25, -0.2) is 0 Å². The largest absolute Gasteiger partial charge is 0.350 e. The summed E-state index contributed by atoms with van der Waals surface area (Å²) in [6.07, 6.45) is 0.986. The van der Waals surface area contributed by atoms with Crippen molar-refractivity contribution in [1.29, 1.82) is 0 Å². The van der Waals surface area contributed by atoms with Crippen LogP contribution in [-0.2, 0) is 4.79 Å². The molecule has 1 amide bonds. The molecule has 0 aromatic carbocycles. The Bertz CT molecular complexity index is 217. The highest BCUT2D eigenvalue weighted by Crippen LogP contribution is 2.15. The zero-order chi connectivity index (χ0) is 9.30. The van der Waals surface area contributed by atoms with Crippen LogP contribution in [0.5, 0.6) is 0 Å². The lowest BCUT2D eigenvalue weighted by molar-refractivity contribution is -0.127. The molecular formula is C8H14N2OS. The van der Waals surface area contributed by atoms with Gasteiger partial charge in [0.25, 0.3) is 5.91 Å². The van der Waals surface area contributed by atoms with Crippen LogP contribution in [0.4, 0.5) is 0 Å². The first-order valence-corrected chi connectivity index (χ1v) is 4.56. The fourth-order valence-electron chi connectivity index (χ4n) is 1.22. The third-order valence-electron chi connectivity index (χ3n) is 2.39. The van der Waals surface area contributed by atoms with Crippen molar-refractivity contribution in [1.82, 2.24) is 10.2 Å². The molecule has 68 valence electrons. The lowest BCUT2D eigenvalue weighted by Crippen LogP contribution is -2.35. The van der Waals surface area contributed by atoms with Gasteiger partial charge in [-0.3, -0.25) is 9.69 Å². The third kappa shape index (κ3) is 1.43. The maximum absolute atomic E-state index is 11.5. The monoisotopic (exact) mass is 186 g/mol. The van der Waals surface area contributed by atoms with Crippen LogP contribution < -0.4 is 5.32 Å². The highest BCUT2D eigenvalue weighted by atomic mass is 32.1. The lowest BCUT2D eigenvalue weighted by atomic mass is 10.00. The predicted molar refractivity (Wildman–Crippen MR) is 51.7 cm³/mol. The predicted octanol–water partition coefficient (Wildman–Crippen LogP) is 0.748. The first-order valence-electron chi connectivity index (χ1n) is 4.16. The molecular weight excluding hydrogens is 172 g/mol. The summed E-state index contributed by atoms with van der Waals surface area (Å²) >= 11 is 4.96. The summed E-state index contributed by atoms with van der Waals surface area (Å²) in [6, 6.07) is -0.104. The summed E-state index contributed by atoms with van der Waals surface area (Å²) in [4.78, 5) is 13.0. The smallest absolute Gasteiger partial charge is 0.251 e. The van der Waals surface area contributed by atoms with E-state index >= 15 is 0 Å². The molecule has 1 saturated heterocycles. The van der Waals surface area contributed by atoms with Gasteiger partial charge in [0, 0.05) is 7.05 Å². The van der Waals surface area contributed by atoms with Crippen molar-refractivity contribution in [2.24, 2.45) is 5.92 Å². The highest BCUT2D eigenvalue weighted by Gasteiger charge is 2.35. The van der Waals surface area contributed by atoms with E-state index in [4.69, 9.17) is 12.2 Å². The molecule has 1 heterocycles. The van der Waals surface area contributed by atoms with Crippen LogP contribution in [0.25, 0.3) is 0 Å². The van der Waals surface area contributed by atoms with E-state index in [2.05, 4.69) is 19.2 Å². The maximum Gasteiger partial charge on any atom is 0.251 e. The Morgan fingerprint density at radius 3 is 2.67 bits per heavy atom. The first-order chi connectivity index (χ1) is 5.57. The summed E-state index contributed by atoms with van der Waals surface area (Å²) in [5.74, 6) is 0.440. The van der Waals surface area contributed by atoms with Crippen molar-refractivity contribution >= 4 is 23.2 Å². The van der Waals surface area contributed by atoms with E-state index in [9.17, 15) is 4.79 Å². The van der Waals surface area contributed by atoms with E-state index in [1.807, 2.05) is 0 Å². The average molecular weight is 186 g/mol. The molecule has 0 unspecified atom stereocenters. The average Bonchev–Trinajstić information content (AvgIpc) is 2.32. The Hall–Kier alpha value is -0.640. The molecule has 0 spiro atoms. The first kappa shape index (κ1) is 9.45. The van der Waals surface area contributed by atoms with Gasteiger partial charge in [0.1, 0.15) is 6.04 Å². The second-order valence-corrected chi connectivity index (χ2v) is 3.60. The van der Waals surface area contributed by atoms with E-state index in [0.717, 1.165) is 6.42 Å². The normalized spacial score (nSPS) is 25.9. The summed E-state index contributed by atoms with van der Waals surface area (Å²) in [5, 5.41) is 3.56. The minimum Gasteiger partial charge on any atom is -0.350 e. The van der Waals surface area contributed by atoms with E-state index in [1.165, 1.54) is 4.90 Å². The van der Waals surface area contributed by atoms with E-state index < -0.39 is 0 Å². The molecule has 3 nitrogen and oxygen atoms in total. The number of thiocarbonyl (C=S) groups is 1. The molecule has 2 atom stereocenters. The molecule has 0 saturated carbocycles. The van der Waals surface area contributed by atoms with Crippen LogP contribution >= 0.6 is 12.2 Å². The Labute approximate surface area is 78.1 Å². The number of likely N-dealkylation sites (N-methyl/N-ethyl adjacent to an activating group) is 1. The van der Waals surface area contributed by atoms with Gasteiger partial charge in [-0.05, 0) is 18.1 Å². The number of nitrogens with zero attached hydrogens (tertiary/aromatic N) is 1. The van der Waals surface area contributed by atoms with E-state index in [1.54, 1.807) is 7.05 Å². The standard InChI is InChI=1S/C8H14N2OS/c1-4-5(2)6-7(11)10(3)8(12)9-6/h5-6H,4H2,1-3H3,(H,9,12)/t5-,6-/m1/s1. The maximum atomic E-state index is 11.5. The molecule has 1 N–H and O–H groups in total. The van der Waals surface area contributed by atoms with Crippen LogP contribution in [0.1, 0.15) is 20.3 Å². The molecule has 0 aromatic rings. The van der Waals surface area contributed by atoms with Crippen LogP contribution in [-0.4, -0.2) is 29.0 Å². The zero-order valence-electron chi connectivity index (χ0n) is 7.63. The van der Waals surface area contributed by atoms with Crippen LogP contribution in [0.15, 0.2) is 0 Å². The molecule has 4 heteroatoms. The van der Waals surface area contributed by atoms with Gasteiger partial charge in [-0.1, -0.05) is 20.3 Å². The van der Waals surface area contributed by atoms with Crippen LogP contribution in [0.3, 0.4) is 0 Å². The Kier molecular flexibility index (Phi) is 2.67. The Morgan fingerprint density at radius 1 is 1.75 bits per heavy atom. The molecule has 1 fully saturated rings. The van der Waals surface area contributed by atoms with Gasteiger partial charge in [0.05, 0.1) is 0 Å². The molecule has 0 radical (unpaired) electrons. The number of amides is 1. The van der Waals surface area contributed by atoms with Crippen molar-refractivity contribution in [3.63, 3.8) is 0 Å². The molecule has 12 heavy (non-hydrogen) atoms. The van der Waals surface area contributed by atoms with Gasteiger partial charge in [-0.2, -0.15) is 0 Å². The van der Waals surface area contributed by atoms with Crippen molar-refractivity contribution in [2.75, 3.05) is 7.05 Å². The lowest BCUT2D eigenvalue weighted by Gasteiger charge is -2.14. The van der Waals surface area contributed by atoms with Gasteiger partial charge in [0.15, 0.2) is 5.11 Å². The third-order valence-corrected chi connectivity index (χ3v) is 2.78. The van der Waals surface area contributed by atoms with Crippen LogP contribution in [0, 0.1) is 5.92 Å². The molecule has 0 aromatic heterocycles. The Morgan fingerprint density at radius 2 is 2.33 bits per heavy atom. The second kappa shape index (κ2) is 3.39. The topological polar surface area (TPSA) is 32.3 Å². The van der Waals surface area contributed by atoms with E-state index in [-0.39, 0.29) is 11.9 Å². The van der Waals surface area contributed by atoms with Crippen molar-refractivity contribution < 1.29 is 4.79 Å². The van der Waals surface area contributed by atoms with Crippen molar-refractivity contribution in [2.45, 2.75) is 26.3 Å². The van der Waals surface area contributed by atoms with Gasteiger partial charge in [-0.15, -0.1) is 0 Å². The minimum atomic E-state index is -0.104. The zero-order valence-corrected chi connectivity index (χ0v) is 8.44. The molecule has 0 aliphatic carbocycles. The second-order valence-electron chi connectivity index (χ2n) is 3.21. The SMILES string of the molecule is CC[C@@H](C)[C@H]1NC(=S)N(C)C1=O. The Balaban J connectivity index is 2.71.